The van der Waals surface area contributed by atoms with Crippen LogP contribution >= 0.6 is 11.8 Å². The highest BCUT2D eigenvalue weighted by molar-refractivity contribution is 7.98. The van der Waals surface area contributed by atoms with Crippen LogP contribution in [-0.2, 0) is 12.2 Å². The zero-order valence-electron chi connectivity index (χ0n) is 8.80. The van der Waals surface area contributed by atoms with E-state index >= 15 is 0 Å². The Hall–Kier alpha value is -1.57. The van der Waals surface area contributed by atoms with Gasteiger partial charge in [0.05, 0.1) is 5.75 Å². The van der Waals surface area contributed by atoms with Crippen molar-refractivity contribution >= 4 is 17.7 Å². The molecule has 3 N–H and O–H groups in total. The molecule has 0 aliphatic heterocycles. The maximum atomic E-state index is 5.40. The Morgan fingerprint density at radius 3 is 3.00 bits per heavy atom. The number of nitrogens with zero attached hydrogens (tertiary/aromatic N) is 4. The summed E-state index contributed by atoms with van der Waals surface area (Å²) >= 11 is 1.41. The summed E-state index contributed by atoms with van der Waals surface area (Å²) in [5, 5.41) is 10.9. The van der Waals surface area contributed by atoms with E-state index in [4.69, 9.17) is 10.3 Å². The van der Waals surface area contributed by atoms with Crippen molar-refractivity contribution in [3.63, 3.8) is 0 Å². The predicted octanol–water partition coefficient (Wildman–Crippen LogP) is 1.01. The predicted molar refractivity (Wildman–Crippen MR) is 58.6 cm³/mol. The maximum Gasteiger partial charge on any atom is 0.226 e. The number of aromatic nitrogens is 5. The van der Waals surface area contributed by atoms with Crippen LogP contribution in [0.2, 0.25) is 0 Å². The van der Waals surface area contributed by atoms with Crippen LogP contribution in [0.5, 0.6) is 0 Å². The molecular formula is C8H12N6OS. The van der Waals surface area contributed by atoms with Crippen LogP contribution in [0.4, 0.5) is 5.95 Å². The normalized spacial score (nSPS) is 10.8. The molecule has 2 aromatic heterocycles. The maximum absolute atomic E-state index is 5.40. The number of nitrogens with one attached hydrogen (secondary N) is 1. The van der Waals surface area contributed by atoms with E-state index in [1.165, 1.54) is 11.8 Å². The van der Waals surface area contributed by atoms with Gasteiger partial charge in [0, 0.05) is 6.42 Å². The second-order valence-electron chi connectivity index (χ2n) is 3.15. The van der Waals surface area contributed by atoms with Crippen LogP contribution in [0, 0.1) is 0 Å². The lowest BCUT2D eigenvalue weighted by molar-refractivity contribution is 0.373. The molecule has 0 unspecified atom stereocenters. The molecular weight excluding hydrogens is 228 g/mol. The third kappa shape index (κ3) is 2.72. The molecule has 0 saturated heterocycles. The number of hydrogen-bond acceptors (Lipinski definition) is 7. The number of H-pyrrole nitrogens is 1. The van der Waals surface area contributed by atoms with Crippen LogP contribution in [0.15, 0.2) is 9.68 Å². The van der Waals surface area contributed by atoms with Crippen LogP contribution < -0.4 is 5.73 Å². The fraction of sp³-hybridized carbons (Fsp3) is 0.500. The second-order valence-corrected chi connectivity index (χ2v) is 4.09. The molecule has 0 saturated carbocycles. The first kappa shape index (κ1) is 10.9. The van der Waals surface area contributed by atoms with Gasteiger partial charge in [-0.2, -0.15) is 9.97 Å². The van der Waals surface area contributed by atoms with E-state index in [0.29, 0.717) is 28.6 Å². The third-order valence-electron chi connectivity index (χ3n) is 1.79. The third-order valence-corrected chi connectivity index (χ3v) is 2.63. The summed E-state index contributed by atoms with van der Waals surface area (Å²) in [6.45, 7) is 2.06. The minimum atomic E-state index is 0.308. The standard InChI is InChI=1S/C8H12N6OS/c1-2-3-6-10-5(14-15-6)4-16-8-11-7(9)12-13-8/h2-4H2,1H3,(H3,9,11,12,13). The molecule has 0 aliphatic rings. The Kier molecular flexibility index (Phi) is 3.40. The van der Waals surface area contributed by atoms with Gasteiger partial charge in [-0.15, -0.1) is 5.10 Å². The van der Waals surface area contributed by atoms with E-state index in [1.54, 1.807) is 0 Å². The number of anilines is 1. The molecule has 86 valence electrons. The number of nitrogen functional groups attached to an aromatic ring is 1. The average Bonchev–Trinajstić information content (AvgIpc) is 2.85. The molecule has 2 heterocycles. The summed E-state index contributed by atoms with van der Waals surface area (Å²) in [4.78, 5) is 8.18. The van der Waals surface area contributed by atoms with Crippen molar-refractivity contribution < 1.29 is 4.52 Å². The van der Waals surface area contributed by atoms with Crippen molar-refractivity contribution in [1.82, 2.24) is 25.3 Å². The van der Waals surface area contributed by atoms with Crippen molar-refractivity contribution in [1.29, 1.82) is 0 Å². The van der Waals surface area contributed by atoms with Gasteiger partial charge in [0.25, 0.3) is 0 Å². The highest BCUT2D eigenvalue weighted by Gasteiger charge is 2.07. The number of thioether (sulfide) groups is 1. The highest BCUT2D eigenvalue weighted by atomic mass is 32.2. The summed E-state index contributed by atoms with van der Waals surface area (Å²) < 4.78 is 5.05. The fourth-order valence-corrected chi connectivity index (χ4v) is 1.76. The molecule has 0 bridgehead atoms. The molecule has 2 rings (SSSR count). The Bertz CT molecular complexity index is 453. The summed E-state index contributed by atoms with van der Waals surface area (Å²) in [5.74, 6) is 2.21. The van der Waals surface area contributed by atoms with Crippen molar-refractivity contribution in [2.24, 2.45) is 0 Å². The van der Waals surface area contributed by atoms with E-state index in [-0.39, 0.29) is 0 Å². The van der Waals surface area contributed by atoms with E-state index in [9.17, 15) is 0 Å². The molecule has 0 radical (unpaired) electrons. The molecule has 0 spiro atoms. The second kappa shape index (κ2) is 4.97. The number of hydrogen-bond donors (Lipinski definition) is 2. The van der Waals surface area contributed by atoms with Gasteiger partial charge in [-0.1, -0.05) is 23.8 Å². The first-order chi connectivity index (χ1) is 7.78. The fourth-order valence-electron chi connectivity index (χ4n) is 1.12. The van der Waals surface area contributed by atoms with Crippen molar-refractivity contribution in [2.45, 2.75) is 30.7 Å². The first-order valence-corrected chi connectivity index (χ1v) is 5.88. The molecule has 16 heavy (non-hydrogen) atoms. The molecule has 2 aromatic rings. The van der Waals surface area contributed by atoms with Gasteiger partial charge < -0.3 is 10.3 Å². The van der Waals surface area contributed by atoms with Crippen LogP contribution in [0.3, 0.4) is 0 Å². The van der Waals surface area contributed by atoms with Gasteiger partial charge in [0.1, 0.15) is 0 Å². The Balaban J connectivity index is 1.89. The molecule has 7 nitrogen and oxygen atoms in total. The lowest BCUT2D eigenvalue weighted by Crippen LogP contribution is -1.87. The molecule has 0 amide bonds. The van der Waals surface area contributed by atoms with Gasteiger partial charge in [0.2, 0.25) is 17.0 Å². The van der Waals surface area contributed by atoms with Gasteiger partial charge >= 0.3 is 0 Å². The average molecular weight is 240 g/mol. The van der Waals surface area contributed by atoms with Crippen LogP contribution in [0.1, 0.15) is 25.1 Å². The molecule has 0 atom stereocenters. The van der Waals surface area contributed by atoms with Crippen molar-refractivity contribution in [2.75, 3.05) is 5.73 Å². The van der Waals surface area contributed by atoms with E-state index in [1.807, 2.05) is 0 Å². The largest absolute Gasteiger partial charge is 0.368 e. The minimum absolute atomic E-state index is 0.308. The topological polar surface area (TPSA) is 107 Å². The van der Waals surface area contributed by atoms with Gasteiger partial charge in [-0.3, -0.25) is 0 Å². The lowest BCUT2D eigenvalue weighted by Gasteiger charge is -1.88. The Labute approximate surface area is 96.2 Å². The number of aryl methyl sites for hydroxylation is 1. The monoisotopic (exact) mass is 240 g/mol. The van der Waals surface area contributed by atoms with Gasteiger partial charge in [-0.05, 0) is 6.42 Å². The minimum Gasteiger partial charge on any atom is -0.368 e. The van der Waals surface area contributed by atoms with E-state index in [0.717, 1.165) is 12.8 Å². The van der Waals surface area contributed by atoms with Crippen molar-refractivity contribution in [3.05, 3.63) is 11.7 Å². The lowest BCUT2D eigenvalue weighted by atomic mass is 10.3. The molecule has 0 aliphatic carbocycles. The highest BCUT2D eigenvalue weighted by Crippen LogP contribution is 2.17. The summed E-state index contributed by atoms with van der Waals surface area (Å²) in [7, 11) is 0. The quantitative estimate of drug-likeness (QED) is 0.751. The van der Waals surface area contributed by atoms with E-state index in [2.05, 4.69) is 32.2 Å². The molecule has 0 aromatic carbocycles. The van der Waals surface area contributed by atoms with Crippen LogP contribution in [0.25, 0.3) is 0 Å². The zero-order valence-corrected chi connectivity index (χ0v) is 9.62. The van der Waals surface area contributed by atoms with Crippen molar-refractivity contribution in [3.8, 4) is 0 Å². The van der Waals surface area contributed by atoms with E-state index < -0.39 is 0 Å². The zero-order chi connectivity index (χ0) is 11.4. The van der Waals surface area contributed by atoms with Crippen LogP contribution in [-0.4, -0.2) is 25.3 Å². The Morgan fingerprint density at radius 2 is 2.31 bits per heavy atom. The smallest absolute Gasteiger partial charge is 0.226 e. The molecule has 8 heteroatoms. The molecule has 0 fully saturated rings. The van der Waals surface area contributed by atoms with Gasteiger partial charge in [0.15, 0.2) is 5.82 Å². The Morgan fingerprint density at radius 1 is 1.44 bits per heavy atom. The number of aromatic amines is 1. The SMILES string of the molecule is CCCc1nc(CSc2n[nH]c(N)n2)no1. The summed E-state index contributed by atoms with van der Waals surface area (Å²) in [6.07, 6.45) is 1.80. The number of nitrogens with two attached hydrogens (primary N) is 1. The van der Waals surface area contributed by atoms with Gasteiger partial charge in [-0.25, -0.2) is 5.10 Å². The first-order valence-electron chi connectivity index (χ1n) is 4.90. The summed E-state index contributed by atoms with van der Waals surface area (Å²) in [5.41, 5.74) is 5.40. The number of rotatable bonds is 5. The summed E-state index contributed by atoms with van der Waals surface area (Å²) in [6, 6.07) is 0.